The normalized spacial score (nSPS) is 13.5. The van der Waals surface area contributed by atoms with Gasteiger partial charge in [-0.1, -0.05) is 6.07 Å². The molecule has 0 atom stereocenters. The van der Waals surface area contributed by atoms with Crippen molar-refractivity contribution in [1.29, 1.82) is 0 Å². The highest BCUT2D eigenvalue weighted by Crippen LogP contribution is 2.39. The fourth-order valence-corrected chi connectivity index (χ4v) is 3.13. The Kier molecular flexibility index (Phi) is 3.75. The molecule has 0 fully saturated rings. The average Bonchev–Trinajstić information content (AvgIpc) is 2.53. The van der Waals surface area contributed by atoms with Crippen molar-refractivity contribution in [3.8, 4) is 22.6 Å². The van der Waals surface area contributed by atoms with Gasteiger partial charge in [0, 0.05) is 5.56 Å². The molecule has 0 aliphatic heterocycles. The molecule has 0 heterocycles. The lowest BCUT2D eigenvalue weighted by Crippen LogP contribution is -2.05. The van der Waals surface area contributed by atoms with Crippen molar-refractivity contribution in [3.63, 3.8) is 0 Å². The molecule has 0 spiro atoms. The summed E-state index contributed by atoms with van der Waals surface area (Å²) in [6.07, 6.45) is 4.10. The summed E-state index contributed by atoms with van der Waals surface area (Å²) in [6.45, 7) is 0. The quantitative estimate of drug-likeness (QED) is 0.834. The van der Waals surface area contributed by atoms with Crippen molar-refractivity contribution in [1.82, 2.24) is 0 Å². The van der Waals surface area contributed by atoms with Crippen LogP contribution in [0.1, 0.15) is 34.3 Å². The summed E-state index contributed by atoms with van der Waals surface area (Å²) in [5.74, 6) is -0.366. The van der Waals surface area contributed by atoms with E-state index in [4.69, 9.17) is 4.74 Å². The second-order valence-electron chi connectivity index (χ2n) is 5.56. The Morgan fingerprint density at radius 2 is 1.86 bits per heavy atom. The number of aromatic hydroxyl groups is 2. The molecule has 4 heteroatoms. The van der Waals surface area contributed by atoms with E-state index < -0.39 is 5.97 Å². The summed E-state index contributed by atoms with van der Waals surface area (Å²) in [5, 5.41) is 20.2. The van der Waals surface area contributed by atoms with E-state index in [9.17, 15) is 15.0 Å². The average molecular weight is 298 g/mol. The van der Waals surface area contributed by atoms with Crippen molar-refractivity contribution in [2.24, 2.45) is 0 Å². The third-order valence-electron chi connectivity index (χ3n) is 4.14. The number of ether oxygens (including phenoxy) is 1. The first-order valence-electron chi connectivity index (χ1n) is 7.36. The molecule has 2 N–H and O–H groups in total. The van der Waals surface area contributed by atoms with E-state index in [1.165, 1.54) is 18.7 Å². The van der Waals surface area contributed by atoms with Crippen LogP contribution in [0.5, 0.6) is 11.5 Å². The number of aryl methyl sites for hydroxylation is 1. The van der Waals surface area contributed by atoms with Gasteiger partial charge in [0.1, 0.15) is 11.5 Å². The van der Waals surface area contributed by atoms with Gasteiger partial charge in [0.15, 0.2) is 0 Å². The maximum atomic E-state index is 11.7. The van der Waals surface area contributed by atoms with Gasteiger partial charge < -0.3 is 14.9 Å². The monoisotopic (exact) mass is 298 g/mol. The Bertz CT molecular complexity index is 734. The van der Waals surface area contributed by atoms with Gasteiger partial charge in [-0.2, -0.15) is 0 Å². The first kappa shape index (κ1) is 14.4. The zero-order valence-corrected chi connectivity index (χ0v) is 12.4. The first-order valence-corrected chi connectivity index (χ1v) is 7.36. The minimum absolute atomic E-state index is 0.0225. The number of methoxy groups -OCH3 is 1. The number of benzene rings is 2. The fourth-order valence-electron chi connectivity index (χ4n) is 3.13. The molecule has 2 aromatic carbocycles. The van der Waals surface area contributed by atoms with Crippen molar-refractivity contribution in [2.45, 2.75) is 25.7 Å². The van der Waals surface area contributed by atoms with Crippen LogP contribution in [-0.2, 0) is 17.6 Å². The molecule has 0 saturated heterocycles. The summed E-state index contributed by atoms with van der Waals surface area (Å²) in [7, 11) is 1.30. The van der Waals surface area contributed by atoms with E-state index in [2.05, 4.69) is 0 Å². The number of carbonyl (C=O) groups excluding carboxylic acids is 1. The van der Waals surface area contributed by atoms with Crippen LogP contribution in [0.4, 0.5) is 0 Å². The lowest BCUT2D eigenvalue weighted by atomic mass is 9.85. The topological polar surface area (TPSA) is 66.8 Å². The number of hydrogen-bond acceptors (Lipinski definition) is 4. The number of fused-ring (bicyclic) bond motifs is 1. The number of phenolic OH excluding ortho intramolecular Hbond substituents is 2. The maximum Gasteiger partial charge on any atom is 0.338 e. The van der Waals surface area contributed by atoms with Crippen LogP contribution in [-0.4, -0.2) is 23.3 Å². The number of hydrogen-bond donors (Lipinski definition) is 2. The van der Waals surface area contributed by atoms with Crippen LogP contribution in [0, 0.1) is 0 Å². The van der Waals surface area contributed by atoms with Gasteiger partial charge in [-0.05, 0) is 66.6 Å². The highest BCUT2D eigenvalue weighted by molar-refractivity contribution is 5.92. The van der Waals surface area contributed by atoms with Gasteiger partial charge >= 0.3 is 5.97 Å². The Labute approximate surface area is 129 Å². The second-order valence-corrected chi connectivity index (χ2v) is 5.56. The molecule has 0 saturated carbocycles. The zero-order chi connectivity index (χ0) is 15.7. The molecule has 0 radical (unpaired) electrons. The van der Waals surface area contributed by atoms with Crippen LogP contribution in [0.15, 0.2) is 30.3 Å². The van der Waals surface area contributed by atoms with Crippen LogP contribution in [0.3, 0.4) is 0 Å². The number of rotatable bonds is 2. The third kappa shape index (κ3) is 2.52. The van der Waals surface area contributed by atoms with Crippen molar-refractivity contribution in [3.05, 3.63) is 47.0 Å². The Morgan fingerprint density at radius 1 is 1.09 bits per heavy atom. The largest absolute Gasteiger partial charge is 0.508 e. The zero-order valence-electron chi connectivity index (χ0n) is 12.4. The lowest BCUT2D eigenvalue weighted by molar-refractivity contribution is 0.0600. The highest BCUT2D eigenvalue weighted by atomic mass is 16.5. The van der Waals surface area contributed by atoms with Crippen LogP contribution >= 0.6 is 0 Å². The molecule has 22 heavy (non-hydrogen) atoms. The van der Waals surface area contributed by atoms with Crippen LogP contribution < -0.4 is 0 Å². The minimum Gasteiger partial charge on any atom is -0.508 e. The Balaban J connectivity index is 2.19. The molecule has 2 aromatic rings. The van der Waals surface area contributed by atoms with Gasteiger partial charge in [0.25, 0.3) is 0 Å². The van der Waals surface area contributed by atoms with E-state index >= 15 is 0 Å². The van der Waals surface area contributed by atoms with E-state index in [-0.39, 0.29) is 17.1 Å². The van der Waals surface area contributed by atoms with Gasteiger partial charge in [-0.3, -0.25) is 0 Å². The predicted molar refractivity (Wildman–Crippen MR) is 83.2 cm³/mol. The van der Waals surface area contributed by atoms with Gasteiger partial charge in [-0.15, -0.1) is 0 Å². The van der Waals surface area contributed by atoms with Crippen molar-refractivity contribution < 1.29 is 19.7 Å². The fraction of sp³-hybridized carbons (Fsp3) is 0.278. The SMILES string of the molecule is COC(=O)c1cc(O)cc(-c2c(O)ccc3c2CCCC3)c1. The van der Waals surface area contributed by atoms with E-state index in [0.29, 0.717) is 11.1 Å². The molecule has 0 unspecified atom stereocenters. The van der Waals surface area contributed by atoms with Crippen LogP contribution in [0.2, 0.25) is 0 Å². The predicted octanol–water partition coefficient (Wildman–Crippen LogP) is 3.43. The van der Waals surface area contributed by atoms with Gasteiger partial charge in [0.2, 0.25) is 0 Å². The number of carbonyl (C=O) groups is 1. The van der Waals surface area contributed by atoms with Gasteiger partial charge in [0.05, 0.1) is 12.7 Å². The standard InChI is InChI=1S/C18H18O4/c1-22-18(21)13-8-12(9-14(19)10-13)17-15-5-3-2-4-11(15)6-7-16(17)20/h6-10,19-20H,2-5H2,1H3. The number of phenols is 2. The molecule has 1 aliphatic carbocycles. The molecule has 4 nitrogen and oxygen atoms in total. The van der Waals surface area contributed by atoms with E-state index in [1.807, 2.05) is 6.07 Å². The summed E-state index contributed by atoms with van der Waals surface area (Å²) in [4.78, 5) is 11.7. The van der Waals surface area contributed by atoms with E-state index in [0.717, 1.165) is 31.2 Å². The maximum absolute atomic E-state index is 11.7. The number of esters is 1. The van der Waals surface area contributed by atoms with Crippen molar-refractivity contribution >= 4 is 5.97 Å². The molecule has 0 aromatic heterocycles. The Morgan fingerprint density at radius 3 is 2.64 bits per heavy atom. The molecular formula is C18H18O4. The first-order chi connectivity index (χ1) is 10.6. The summed E-state index contributed by atoms with van der Waals surface area (Å²) in [6, 6.07) is 8.21. The van der Waals surface area contributed by atoms with Crippen molar-refractivity contribution in [2.75, 3.05) is 7.11 Å². The minimum atomic E-state index is -0.513. The summed E-state index contributed by atoms with van der Waals surface area (Å²) >= 11 is 0. The third-order valence-corrected chi connectivity index (χ3v) is 4.14. The molecule has 0 amide bonds. The lowest BCUT2D eigenvalue weighted by Gasteiger charge is -2.21. The molecular weight excluding hydrogens is 280 g/mol. The van der Waals surface area contributed by atoms with Crippen LogP contribution in [0.25, 0.3) is 11.1 Å². The molecule has 3 rings (SSSR count). The van der Waals surface area contributed by atoms with Gasteiger partial charge in [-0.25, -0.2) is 4.79 Å². The smallest absolute Gasteiger partial charge is 0.338 e. The molecule has 1 aliphatic rings. The molecule has 114 valence electrons. The molecule has 0 bridgehead atoms. The summed E-state index contributed by atoms with van der Waals surface area (Å²) < 4.78 is 4.71. The second kappa shape index (κ2) is 5.72. The summed E-state index contributed by atoms with van der Waals surface area (Å²) in [5.41, 5.74) is 3.94. The Hall–Kier alpha value is -2.49. The van der Waals surface area contributed by atoms with E-state index in [1.54, 1.807) is 18.2 Å². The highest BCUT2D eigenvalue weighted by Gasteiger charge is 2.19.